The average molecular weight is 348 g/mol. The minimum absolute atomic E-state index is 0.297. The van der Waals surface area contributed by atoms with Crippen LogP contribution in [0.5, 0.6) is 0 Å². The molecule has 1 aliphatic heterocycles. The van der Waals surface area contributed by atoms with Gasteiger partial charge in [-0.15, -0.1) is 0 Å². The molecule has 1 aromatic rings. The molecule has 1 heterocycles. The van der Waals surface area contributed by atoms with Crippen molar-refractivity contribution in [1.29, 1.82) is 0 Å². The lowest BCUT2D eigenvalue weighted by Crippen LogP contribution is -2.47. The zero-order chi connectivity index (χ0) is 18.1. The van der Waals surface area contributed by atoms with Crippen LogP contribution in [0.15, 0.2) is 24.3 Å². The number of ether oxygens (including phenoxy) is 1. The van der Waals surface area contributed by atoms with Crippen LogP contribution in [0.3, 0.4) is 0 Å². The molecule has 25 heavy (non-hydrogen) atoms. The second-order valence-corrected chi connectivity index (χ2v) is 5.60. The summed E-state index contributed by atoms with van der Waals surface area (Å²) >= 11 is 0. The van der Waals surface area contributed by atoms with E-state index in [1.54, 1.807) is 19.1 Å². The maximum Gasteiger partial charge on any atom is 0.338 e. The second kappa shape index (κ2) is 9.75. The molecule has 1 aromatic carbocycles. The van der Waals surface area contributed by atoms with Gasteiger partial charge in [0.1, 0.15) is 0 Å². The van der Waals surface area contributed by atoms with Crippen molar-refractivity contribution < 1.29 is 19.1 Å². The molecule has 1 fully saturated rings. The third kappa shape index (κ3) is 6.17. The van der Waals surface area contributed by atoms with E-state index in [0.29, 0.717) is 24.4 Å². The van der Waals surface area contributed by atoms with Gasteiger partial charge < -0.3 is 20.7 Å². The normalized spacial score (nSPS) is 14.6. The minimum atomic E-state index is -0.732. The average Bonchev–Trinajstić information content (AvgIpc) is 2.63. The van der Waals surface area contributed by atoms with E-state index in [-0.39, 0.29) is 0 Å². The molecule has 8 heteroatoms. The van der Waals surface area contributed by atoms with E-state index in [4.69, 9.17) is 4.74 Å². The van der Waals surface area contributed by atoms with Gasteiger partial charge in [0, 0.05) is 45.0 Å². The van der Waals surface area contributed by atoms with Gasteiger partial charge in [-0.3, -0.25) is 14.5 Å². The summed E-state index contributed by atoms with van der Waals surface area (Å²) < 4.78 is 4.88. The third-order valence-corrected chi connectivity index (χ3v) is 3.78. The first kappa shape index (κ1) is 18.9. The maximum absolute atomic E-state index is 11.9. The summed E-state index contributed by atoms with van der Waals surface area (Å²) in [4.78, 5) is 37.5. The zero-order valence-corrected chi connectivity index (χ0v) is 14.3. The van der Waals surface area contributed by atoms with E-state index < -0.39 is 17.8 Å². The molecule has 136 valence electrons. The number of nitrogens with zero attached hydrogens (tertiary/aromatic N) is 1. The van der Waals surface area contributed by atoms with E-state index in [2.05, 4.69) is 20.9 Å². The van der Waals surface area contributed by atoms with Crippen LogP contribution in [-0.2, 0) is 14.3 Å². The fourth-order valence-electron chi connectivity index (χ4n) is 2.43. The summed E-state index contributed by atoms with van der Waals surface area (Å²) in [5.74, 6) is -1.83. The van der Waals surface area contributed by atoms with Crippen molar-refractivity contribution in [2.24, 2.45) is 0 Å². The lowest BCUT2D eigenvalue weighted by molar-refractivity contribution is -0.136. The fourth-order valence-corrected chi connectivity index (χ4v) is 2.43. The molecule has 0 atom stereocenters. The lowest BCUT2D eigenvalue weighted by Gasteiger charge is -2.26. The zero-order valence-electron chi connectivity index (χ0n) is 14.3. The van der Waals surface area contributed by atoms with Crippen molar-refractivity contribution in [3.8, 4) is 0 Å². The number of esters is 1. The summed E-state index contributed by atoms with van der Waals surface area (Å²) in [5, 5.41) is 8.37. The van der Waals surface area contributed by atoms with Gasteiger partial charge in [-0.25, -0.2) is 4.79 Å². The van der Waals surface area contributed by atoms with Crippen LogP contribution in [0.4, 0.5) is 5.69 Å². The Labute approximate surface area is 146 Å². The minimum Gasteiger partial charge on any atom is -0.462 e. The highest BCUT2D eigenvalue weighted by Crippen LogP contribution is 2.10. The molecule has 0 radical (unpaired) electrons. The van der Waals surface area contributed by atoms with Crippen LogP contribution < -0.4 is 16.0 Å². The molecule has 1 saturated heterocycles. The topological polar surface area (TPSA) is 99.8 Å². The smallest absolute Gasteiger partial charge is 0.338 e. The van der Waals surface area contributed by atoms with Crippen molar-refractivity contribution in [3.05, 3.63) is 29.8 Å². The van der Waals surface area contributed by atoms with Crippen molar-refractivity contribution in [2.45, 2.75) is 6.92 Å². The molecule has 2 amide bonds. The van der Waals surface area contributed by atoms with E-state index in [1.807, 2.05) is 0 Å². The molecule has 0 bridgehead atoms. The second-order valence-electron chi connectivity index (χ2n) is 5.60. The van der Waals surface area contributed by atoms with Gasteiger partial charge in [0.2, 0.25) is 0 Å². The van der Waals surface area contributed by atoms with Crippen LogP contribution in [0.1, 0.15) is 17.3 Å². The molecule has 0 aromatic heterocycles. The molecular formula is C17H24N4O4. The quantitative estimate of drug-likeness (QED) is 0.487. The predicted molar refractivity (Wildman–Crippen MR) is 93.3 cm³/mol. The van der Waals surface area contributed by atoms with Crippen molar-refractivity contribution in [2.75, 3.05) is 51.2 Å². The SMILES string of the molecule is CCOC(=O)c1ccc(NC(=O)C(=O)NCCN2CCNCC2)cc1. The highest BCUT2D eigenvalue weighted by Gasteiger charge is 2.15. The Hall–Kier alpha value is -2.45. The largest absolute Gasteiger partial charge is 0.462 e. The first-order valence-electron chi connectivity index (χ1n) is 8.39. The number of nitrogens with one attached hydrogen (secondary N) is 3. The molecule has 8 nitrogen and oxygen atoms in total. The number of piperazine rings is 1. The lowest BCUT2D eigenvalue weighted by atomic mass is 10.2. The van der Waals surface area contributed by atoms with Gasteiger partial charge in [-0.1, -0.05) is 0 Å². The summed E-state index contributed by atoms with van der Waals surface area (Å²) in [5.41, 5.74) is 0.829. The Kier molecular flexibility index (Phi) is 7.36. The van der Waals surface area contributed by atoms with Gasteiger partial charge >= 0.3 is 17.8 Å². The Morgan fingerprint density at radius 1 is 1.12 bits per heavy atom. The van der Waals surface area contributed by atoms with Gasteiger partial charge in [0.25, 0.3) is 0 Å². The molecule has 3 N–H and O–H groups in total. The summed E-state index contributed by atoms with van der Waals surface area (Å²) in [7, 11) is 0. The number of carbonyl (C=O) groups excluding carboxylic acids is 3. The Morgan fingerprint density at radius 2 is 1.80 bits per heavy atom. The number of amides is 2. The number of benzene rings is 1. The van der Waals surface area contributed by atoms with Crippen LogP contribution in [0, 0.1) is 0 Å². The van der Waals surface area contributed by atoms with Crippen LogP contribution >= 0.6 is 0 Å². The highest BCUT2D eigenvalue weighted by molar-refractivity contribution is 6.39. The van der Waals surface area contributed by atoms with Gasteiger partial charge in [-0.2, -0.15) is 0 Å². The molecule has 2 rings (SSSR count). The number of hydrogen-bond acceptors (Lipinski definition) is 6. The van der Waals surface area contributed by atoms with E-state index in [9.17, 15) is 14.4 Å². The monoisotopic (exact) mass is 348 g/mol. The summed E-state index contributed by atoms with van der Waals surface area (Å²) in [6.07, 6.45) is 0. The van der Waals surface area contributed by atoms with E-state index in [1.165, 1.54) is 12.1 Å². The third-order valence-electron chi connectivity index (χ3n) is 3.78. The fraction of sp³-hybridized carbons (Fsp3) is 0.471. The Bertz CT molecular complexity index is 597. The number of carbonyl (C=O) groups is 3. The van der Waals surface area contributed by atoms with Crippen LogP contribution in [0.25, 0.3) is 0 Å². The van der Waals surface area contributed by atoms with Gasteiger partial charge in [0.15, 0.2) is 0 Å². The van der Waals surface area contributed by atoms with Crippen LogP contribution in [-0.4, -0.2) is 68.6 Å². The van der Waals surface area contributed by atoms with Crippen molar-refractivity contribution in [3.63, 3.8) is 0 Å². The molecule has 0 aliphatic carbocycles. The van der Waals surface area contributed by atoms with Gasteiger partial charge in [-0.05, 0) is 31.2 Å². The number of hydrogen-bond donors (Lipinski definition) is 3. The van der Waals surface area contributed by atoms with Crippen molar-refractivity contribution >= 4 is 23.5 Å². The van der Waals surface area contributed by atoms with Gasteiger partial charge in [0.05, 0.1) is 12.2 Å². The van der Waals surface area contributed by atoms with Crippen molar-refractivity contribution in [1.82, 2.24) is 15.5 Å². The summed E-state index contributed by atoms with van der Waals surface area (Å²) in [6.45, 7) is 6.93. The molecule has 1 aliphatic rings. The van der Waals surface area contributed by atoms with E-state index in [0.717, 1.165) is 32.7 Å². The number of rotatable bonds is 6. The molecule has 0 saturated carbocycles. The molecular weight excluding hydrogens is 324 g/mol. The van der Waals surface area contributed by atoms with E-state index >= 15 is 0 Å². The molecule has 0 unspecified atom stereocenters. The van der Waals surface area contributed by atoms with Crippen LogP contribution in [0.2, 0.25) is 0 Å². The Morgan fingerprint density at radius 3 is 2.44 bits per heavy atom. The predicted octanol–water partition coefficient (Wildman–Crippen LogP) is -0.177. The maximum atomic E-state index is 11.9. The highest BCUT2D eigenvalue weighted by atomic mass is 16.5. The Balaban J connectivity index is 1.74. The number of anilines is 1. The standard InChI is InChI=1S/C17H24N4O4/c1-2-25-17(24)13-3-5-14(6-4-13)20-16(23)15(22)19-9-12-21-10-7-18-8-11-21/h3-6,18H,2,7-12H2,1H3,(H,19,22)(H,20,23). The first-order valence-corrected chi connectivity index (χ1v) is 8.39. The first-order chi connectivity index (χ1) is 12.1. The molecule has 0 spiro atoms. The summed E-state index contributed by atoms with van der Waals surface area (Å²) in [6, 6.07) is 6.18.